The Balaban J connectivity index is 1.98. The fourth-order valence-electron chi connectivity index (χ4n) is 4.23. The molecule has 16 heavy (non-hydrogen) atoms. The van der Waals surface area contributed by atoms with Crippen LogP contribution in [0, 0.1) is 16.7 Å². The molecule has 0 radical (unpaired) electrons. The Hall–Kier alpha value is 0.0500. The number of fused-ring (bicyclic) bond motifs is 3. The maximum Gasteiger partial charge on any atom is 0.120 e. The maximum absolute atomic E-state index is 6.38. The zero-order valence-electron chi connectivity index (χ0n) is 10.6. The predicted molar refractivity (Wildman–Crippen MR) is 69.5 cm³/mol. The van der Waals surface area contributed by atoms with E-state index in [1.165, 1.54) is 19.3 Å². The van der Waals surface area contributed by atoms with Crippen LogP contribution in [-0.4, -0.2) is 16.8 Å². The van der Waals surface area contributed by atoms with E-state index in [2.05, 4.69) is 39.1 Å². The highest BCUT2D eigenvalue weighted by atomic mass is 32.2. The van der Waals surface area contributed by atoms with Gasteiger partial charge in [-0.25, -0.2) is 0 Å². The highest BCUT2D eigenvalue weighted by Gasteiger charge is 2.71. The summed E-state index contributed by atoms with van der Waals surface area (Å²) in [6, 6.07) is 0. The first-order chi connectivity index (χ1) is 7.45. The molecule has 1 heterocycles. The molecule has 0 amide bonds. The molecule has 3 rings (SSSR count). The Labute approximate surface area is 103 Å². The molecule has 2 heteroatoms. The van der Waals surface area contributed by atoms with E-state index in [0.717, 1.165) is 11.7 Å². The van der Waals surface area contributed by atoms with E-state index in [1.54, 1.807) is 0 Å². The van der Waals surface area contributed by atoms with Crippen LogP contribution in [-0.2, 0) is 4.74 Å². The van der Waals surface area contributed by atoms with Crippen molar-refractivity contribution in [2.24, 2.45) is 16.7 Å². The van der Waals surface area contributed by atoms with Gasteiger partial charge in [0.1, 0.15) is 4.93 Å². The van der Waals surface area contributed by atoms with E-state index in [-0.39, 0.29) is 11.0 Å². The summed E-state index contributed by atoms with van der Waals surface area (Å²) in [6.07, 6.45) is 6.24. The first-order valence-corrected chi connectivity index (χ1v) is 7.38. The van der Waals surface area contributed by atoms with Gasteiger partial charge in [0.15, 0.2) is 0 Å². The van der Waals surface area contributed by atoms with Crippen molar-refractivity contribution in [2.75, 3.05) is 5.75 Å². The number of rotatable bonds is 1. The Morgan fingerprint density at radius 1 is 1.38 bits per heavy atom. The Morgan fingerprint density at radius 2 is 2.12 bits per heavy atom. The van der Waals surface area contributed by atoms with Crippen LogP contribution in [0.25, 0.3) is 0 Å². The molecule has 1 spiro atoms. The van der Waals surface area contributed by atoms with Gasteiger partial charge < -0.3 is 4.74 Å². The standard InChI is InChI=1S/C14H22OS/c1-5-11-9-16-14(15-11)8-10-6-7-13(14,4)12(10,2)3/h5,10-11H,1,6-9H2,2-4H3/t10-,11-,13-,14+/m1/s1. The van der Waals surface area contributed by atoms with Crippen LogP contribution < -0.4 is 0 Å². The Kier molecular flexibility index (Phi) is 2.15. The molecule has 2 bridgehead atoms. The predicted octanol–water partition coefficient (Wildman–Crippen LogP) is 3.85. The van der Waals surface area contributed by atoms with Gasteiger partial charge in [-0.15, -0.1) is 18.3 Å². The van der Waals surface area contributed by atoms with E-state index in [0.29, 0.717) is 10.8 Å². The van der Waals surface area contributed by atoms with E-state index in [1.807, 2.05) is 6.08 Å². The lowest BCUT2D eigenvalue weighted by Crippen LogP contribution is -2.45. The first kappa shape index (κ1) is 11.2. The molecule has 1 saturated heterocycles. The molecule has 0 unspecified atom stereocenters. The molecule has 1 nitrogen and oxygen atoms in total. The monoisotopic (exact) mass is 238 g/mol. The third-order valence-electron chi connectivity index (χ3n) is 5.88. The van der Waals surface area contributed by atoms with E-state index in [9.17, 15) is 0 Å². The fraction of sp³-hybridized carbons (Fsp3) is 0.857. The molecule has 3 fully saturated rings. The molecule has 2 saturated carbocycles. The van der Waals surface area contributed by atoms with Gasteiger partial charge >= 0.3 is 0 Å². The SMILES string of the molecule is C=C[C@@H]1CS[C@]2(C[C@H]3CC[C@]2(C)C3(C)C)O1. The number of hydrogen-bond donors (Lipinski definition) is 0. The van der Waals surface area contributed by atoms with Crippen molar-refractivity contribution in [2.45, 2.75) is 51.1 Å². The number of ether oxygens (including phenoxy) is 1. The van der Waals surface area contributed by atoms with Crippen LogP contribution in [0.2, 0.25) is 0 Å². The summed E-state index contributed by atoms with van der Waals surface area (Å²) in [5, 5.41) is 0. The molecule has 1 aliphatic heterocycles. The lowest BCUT2D eigenvalue weighted by Gasteiger charge is -2.45. The van der Waals surface area contributed by atoms with Gasteiger partial charge in [0.25, 0.3) is 0 Å². The van der Waals surface area contributed by atoms with Crippen molar-refractivity contribution >= 4 is 11.8 Å². The van der Waals surface area contributed by atoms with Crippen LogP contribution >= 0.6 is 11.8 Å². The van der Waals surface area contributed by atoms with Crippen LogP contribution in [0.3, 0.4) is 0 Å². The van der Waals surface area contributed by atoms with E-state index >= 15 is 0 Å². The molecule has 4 atom stereocenters. The minimum atomic E-state index is 0.0955. The second-order valence-electron chi connectivity index (χ2n) is 6.45. The number of hydrogen-bond acceptors (Lipinski definition) is 2. The highest BCUT2D eigenvalue weighted by molar-refractivity contribution is 8.00. The maximum atomic E-state index is 6.38. The van der Waals surface area contributed by atoms with E-state index in [4.69, 9.17) is 4.74 Å². The molecule has 0 aromatic carbocycles. The lowest BCUT2D eigenvalue weighted by atomic mass is 9.69. The third kappa shape index (κ3) is 1.04. The van der Waals surface area contributed by atoms with Crippen molar-refractivity contribution in [1.29, 1.82) is 0 Å². The molecule has 90 valence electrons. The van der Waals surface area contributed by atoms with Gasteiger partial charge in [0.2, 0.25) is 0 Å². The van der Waals surface area contributed by atoms with Gasteiger partial charge in [0.05, 0.1) is 6.10 Å². The third-order valence-corrected chi connectivity index (χ3v) is 7.55. The number of thioether (sulfide) groups is 1. The van der Waals surface area contributed by atoms with Crippen molar-refractivity contribution in [1.82, 2.24) is 0 Å². The largest absolute Gasteiger partial charge is 0.356 e. The zero-order chi connectivity index (χ0) is 11.6. The van der Waals surface area contributed by atoms with Crippen LogP contribution in [0.5, 0.6) is 0 Å². The lowest BCUT2D eigenvalue weighted by molar-refractivity contribution is -0.0773. The first-order valence-electron chi connectivity index (χ1n) is 6.39. The topological polar surface area (TPSA) is 9.23 Å². The van der Waals surface area contributed by atoms with Gasteiger partial charge in [-0.2, -0.15) is 0 Å². The summed E-state index contributed by atoms with van der Waals surface area (Å²) in [7, 11) is 0. The molecule has 3 aliphatic rings. The van der Waals surface area contributed by atoms with Gasteiger partial charge in [0, 0.05) is 11.2 Å². The fourth-order valence-corrected chi connectivity index (χ4v) is 6.06. The molecular formula is C14H22OS. The molecule has 0 N–H and O–H groups in total. The summed E-state index contributed by atoms with van der Waals surface area (Å²) in [5.41, 5.74) is 0.795. The summed E-state index contributed by atoms with van der Waals surface area (Å²) >= 11 is 2.06. The summed E-state index contributed by atoms with van der Waals surface area (Å²) in [6.45, 7) is 11.2. The average molecular weight is 238 g/mol. The Morgan fingerprint density at radius 3 is 2.56 bits per heavy atom. The summed E-state index contributed by atoms with van der Waals surface area (Å²) in [5.74, 6) is 1.95. The average Bonchev–Trinajstić information content (AvgIpc) is 2.79. The minimum absolute atomic E-state index is 0.0955. The second-order valence-corrected chi connectivity index (χ2v) is 7.73. The van der Waals surface area contributed by atoms with Crippen molar-refractivity contribution in [3.8, 4) is 0 Å². The highest BCUT2D eigenvalue weighted by Crippen LogP contribution is 2.74. The van der Waals surface area contributed by atoms with E-state index < -0.39 is 0 Å². The van der Waals surface area contributed by atoms with Crippen molar-refractivity contribution in [3.63, 3.8) is 0 Å². The normalized spacial score (nSPS) is 53.7. The van der Waals surface area contributed by atoms with Crippen molar-refractivity contribution < 1.29 is 4.74 Å². The summed E-state index contributed by atoms with van der Waals surface area (Å²) in [4.78, 5) is 0.0955. The molecule has 0 aromatic heterocycles. The smallest absolute Gasteiger partial charge is 0.120 e. The summed E-state index contributed by atoms with van der Waals surface area (Å²) < 4.78 is 6.38. The zero-order valence-corrected chi connectivity index (χ0v) is 11.4. The molecular weight excluding hydrogens is 216 g/mol. The minimum Gasteiger partial charge on any atom is -0.356 e. The van der Waals surface area contributed by atoms with Crippen molar-refractivity contribution in [3.05, 3.63) is 12.7 Å². The quantitative estimate of drug-likeness (QED) is 0.642. The molecule has 0 aromatic rings. The van der Waals surface area contributed by atoms with Crippen LogP contribution in [0.1, 0.15) is 40.0 Å². The van der Waals surface area contributed by atoms with Gasteiger partial charge in [-0.3, -0.25) is 0 Å². The van der Waals surface area contributed by atoms with Crippen LogP contribution in [0.15, 0.2) is 12.7 Å². The molecule has 2 aliphatic carbocycles. The van der Waals surface area contributed by atoms with Gasteiger partial charge in [-0.1, -0.05) is 26.8 Å². The van der Waals surface area contributed by atoms with Gasteiger partial charge in [-0.05, 0) is 30.6 Å². The Bertz CT molecular complexity index is 338. The second kappa shape index (κ2) is 3.08. The van der Waals surface area contributed by atoms with Crippen LogP contribution in [0.4, 0.5) is 0 Å².